The Balaban J connectivity index is 1.73. The third-order valence-electron chi connectivity index (χ3n) is 4.64. The van der Waals surface area contributed by atoms with Crippen LogP contribution < -0.4 is 0 Å². The van der Waals surface area contributed by atoms with Crippen molar-refractivity contribution in [2.75, 3.05) is 26.2 Å². The highest BCUT2D eigenvalue weighted by Gasteiger charge is 2.42. The molecule has 1 saturated carbocycles. The smallest absolute Gasteiger partial charge is 0.0700 e. The van der Waals surface area contributed by atoms with Gasteiger partial charge in [-0.05, 0) is 45.1 Å². The Morgan fingerprint density at radius 2 is 2.00 bits per heavy atom. The third-order valence-corrected chi connectivity index (χ3v) is 4.64. The summed E-state index contributed by atoms with van der Waals surface area (Å²) in [5, 5.41) is 19.3. The Labute approximate surface area is 105 Å². The highest BCUT2D eigenvalue weighted by Crippen LogP contribution is 2.39. The lowest BCUT2D eigenvalue weighted by molar-refractivity contribution is -0.0953. The Morgan fingerprint density at radius 3 is 2.82 bits per heavy atom. The molecular weight excluding hydrogens is 214 g/mol. The van der Waals surface area contributed by atoms with E-state index in [-0.39, 0.29) is 5.60 Å². The van der Waals surface area contributed by atoms with Crippen LogP contribution in [-0.2, 0) is 0 Å². The van der Waals surface area contributed by atoms with E-state index in [0.717, 1.165) is 45.3 Å². The number of unbranched alkanes of at least 4 members (excludes halogenated alkanes) is 2. The molecule has 0 spiro atoms. The van der Waals surface area contributed by atoms with Crippen LogP contribution in [0.15, 0.2) is 0 Å². The molecule has 2 fully saturated rings. The van der Waals surface area contributed by atoms with Crippen LogP contribution in [0.4, 0.5) is 0 Å². The molecule has 1 aliphatic heterocycles. The van der Waals surface area contributed by atoms with Crippen molar-refractivity contribution in [3.8, 4) is 0 Å². The average Bonchev–Trinajstić information content (AvgIpc) is 2.34. The van der Waals surface area contributed by atoms with Gasteiger partial charge in [0.05, 0.1) is 5.60 Å². The number of likely N-dealkylation sites (tertiary alicyclic amines) is 1. The van der Waals surface area contributed by atoms with Gasteiger partial charge in [-0.25, -0.2) is 0 Å². The SMILES string of the molecule is OCCCCCN1CCC2(O)CCCCC2C1. The second kappa shape index (κ2) is 6.17. The van der Waals surface area contributed by atoms with Gasteiger partial charge in [0.2, 0.25) is 0 Å². The summed E-state index contributed by atoms with van der Waals surface area (Å²) in [6, 6.07) is 0. The monoisotopic (exact) mass is 241 g/mol. The maximum absolute atomic E-state index is 10.6. The van der Waals surface area contributed by atoms with Gasteiger partial charge in [0.15, 0.2) is 0 Å². The van der Waals surface area contributed by atoms with E-state index in [1.807, 2.05) is 0 Å². The lowest BCUT2D eigenvalue weighted by Gasteiger charge is -2.47. The molecule has 1 heterocycles. The van der Waals surface area contributed by atoms with Crippen LogP contribution in [0.25, 0.3) is 0 Å². The van der Waals surface area contributed by atoms with Crippen molar-refractivity contribution in [3.05, 3.63) is 0 Å². The Kier molecular flexibility index (Phi) is 4.83. The number of hydrogen-bond acceptors (Lipinski definition) is 3. The van der Waals surface area contributed by atoms with Crippen molar-refractivity contribution >= 4 is 0 Å². The van der Waals surface area contributed by atoms with Crippen LogP contribution in [0.5, 0.6) is 0 Å². The number of hydrogen-bond donors (Lipinski definition) is 2. The lowest BCUT2D eigenvalue weighted by Crippen LogP contribution is -2.53. The highest BCUT2D eigenvalue weighted by atomic mass is 16.3. The van der Waals surface area contributed by atoms with E-state index < -0.39 is 0 Å². The number of aliphatic hydroxyl groups is 2. The van der Waals surface area contributed by atoms with Gasteiger partial charge in [0.25, 0.3) is 0 Å². The van der Waals surface area contributed by atoms with Crippen molar-refractivity contribution < 1.29 is 10.2 Å². The summed E-state index contributed by atoms with van der Waals surface area (Å²) in [5.74, 6) is 0.517. The van der Waals surface area contributed by atoms with Crippen molar-refractivity contribution in [2.24, 2.45) is 5.92 Å². The first-order valence-corrected chi connectivity index (χ1v) is 7.30. The molecule has 2 atom stereocenters. The fraction of sp³-hybridized carbons (Fsp3) is 1.00. The van der Waals surface area contributed by atoms with Gasteiger partial charge >= 0.3 is 0 Å². The summed E-state index contributed by atoms with van der Waals surface area (Å²) in [5.41, 5.74) is -0.333. The molecule has 3 heteroatoms. The Morgan fingerprint density at radius 1 is 1.12 bits per heavy atom. The van der Waals surface area contributed by atoms with Crippen molar-refractivity contribution in [2.45, 2.75) is 57.0 Å². The molecule has 0 amide bonds. The molecule has 0 aromatic rings. The van der Waals surface area contributed by atoms with Crippen LogP contribution in [-0.4, -0.2) is 47.0 Å². The summed E-state index contributed by atoms with van der Waals surface area (Å²) in [6.45, 7) is 3.62. The summed E-state index contributed by atoms with van der Waals surface area (Å²) >= 11 is 0. The molecular formula is C14H27NO2. The molecule has 1 saturated heterocycles. The fourth-order valence-electron chi connectivity index (χ4n) is 3.47. The van der Waals surface area contributed by atoms with Crippen molar-refractivity contribution in [3.63, 3.8) is 0 Å². The summed E-state index contributed by atoms with van der Waals surface area (Å²) in [7, 11) is 0. The Bertz CT molecular complexity index is 234. The van der Waals surface area contributed by atoms with Gasteiger partial charge in [-0.15, -0.1) is 0 Å². The van der Waals surface area contributed by atoms with E-state index in [4.69, 9.17) is 5.11 Å². The molecule has 0 bridgehead atoms. The zero-order chi connectivity index (χ0) is 12.1. The number of fused-ring (bicyclic) bond motifs is 1. The van der Waals surface area contributed by atoms with Crippen LogP contribution in [0, 0.1) is 5.92 Å². The maximum atomic E-state index is 10.6. The number of piperidine rings is 1. The minimum atomic E-state index is -0.333. The minimum Gasteiger partial charge on any atom is -0.396 e. The van der Waals surface area contributed by atoms with Crippen LogP contribution in [0.1, 0.15) is 51.4 Å². The van der Waals surface area contributed by atoms with Gasteiger partial charge < -0.3 is 15.1 Å². The predicted octanol–water partition coefficient (Wildman–Crippen LogP) is 1.78. The molecule has 2 aliphatic rings. The second-order valence-corrected chi connectivity index (χ2v) is 5.88. The molecule has 0 aromatic heterocycles. The van der Waals surface area contributed by atoms with Gasteiger partial charge in [-0.1, -0.05) is 12.8 Å². The molecule has 3 nitrogen and oxygen atoms in total. The molecule has 0 aromatic carbocycles. The zero-order valence-electron chi connectivity index (χ0n) is 10.9. The van der Waals surface area contributed by atoms with Gasteiger partial charge in [-0.3, -0.25) is 0 Å². The summed E-state index contributed by atoms with van der Waals surface area (Å²) in [4.78, 5) is 2.52. The van der Waals surface area contributed by atoms with Crippen LogP contribution in [0.3, 0.4) is 0 Å². The van der Waals surface area contributed by atoms with E-state index in [0.29, 0.717) is 12.5 Å². The predicted molar refractivity (Wildman–Crippen MR) is 68.9 cm³/mol. The molecule has 2 N–H and O–H groups in total. The second-order valence-electron chi connectivity index (χ2n) is 5.88. The summed E-state index contributed by atoms with van der Waals surface area (Å²) < 4.78 is 0. The maximum Gasteiger partial charge on any atom is 0.0700 e. The van der Waals surface area contributed by atoms with Crippen molar-refractivity contribution in [1.29, 1.82) is 0 Å². The molecule has 17 heavy (non-hydrogen) atoms. The van der Waals surface area contributed by atoms with Gasteiger partial charge in [0.1, 0.15) is 0 Å². The first kappa shape index (κ1) is 13.3. The first-order chi connectivity index (χ1) is 8.24. The standard InChI is InChI=1S/C14H27NO2/c16-11-5-1-4-9-15-10-8-14(17)7-3-2-6-13(14)12-15/h13,16-17H,1-12H2. The molecule has 2 rings (SSSR count). The highest BCUT2D eigenvalue weighted by molar-refractivity contribution is 4.95. The molecule has 2 unspecified atom stereocenters. The van der Waals surface area contributed by atoms with Crippen LogP contribution >= 0.6 is 0 Å². The average molecular weight is 241 g/mol. The molecule has 100 valence electrons. The minimum absolute atomic E-state index is 0.322. The normalized spacial score (nSPS) is 34.6. The summed E-state index contributed by atoms with van der Waals surface area (Å²) in [6.07, 6.45) is 8.96. The Hall–Kier alpha value is -0.120. The number of nitrogens with zero attached hydrogens (tertiary/aromatic N) is 1. The van der Waals surface area contributed by atoms with Crippen LogP contribution in [0.2, 0.25) is 0 Å². The number of aliphatic hydroxyl groups excluding tert-OH is 1. The van der Waals surface area contributed by atoms with E-state index in [1.54, 1.807) is 0 Å². The van der Waals surface area contributed by atoms with E-state index in [9.17, 15) is 5.11 Å². The fourth-order valence-corrected chi connectivity index (χ4v) is 3.47. The third kappa shape index (κ3) is 3.43. The largest absolute Gasteiger partial charge is 0.396 e. The van der Waals surface area contributed by atoms with E-state index in [2.05, 4.69) is 4.90 Å². The topological polar surface area (TPSA) is 43.7 Å². The zero-order valence-corrected chi connectivity index (χ0v) is 10.9. The van der Waals surface area contributed by atoms with Gasteiger partial charge in [-0.2, -0.15) is 0 Å². The van der Waals surface area contributed by atoms with E-state index >= 15 is 0 Å². The molecule has 1 aliphatic carbocycles. The van der Waals surface area contributed by atoms with E-state index in [1.165, 1.54) is 25.7 Å². The first-order valence-electron chi connectivity index (χ1n) is 7.30. The lowest BCUT2D eigenvalue weighted by atomic mass is 9.71. The van der Waals surface area contributed by atoms with Gasteiger partial charge in [0, 0.05) is 25.6 Å². The quantitative estimate of drug-likeness (QED) is 0.721. The number of rotatable bonds is 5. The molecule has 0 radical (unpaired) electrons. The van der Waals surface area contributed by atoms with Crippen molar-refractivity contribution in [1.82, 2.24) is 4.90 Å².